The maximum atomic E-state index is 12.8. The summed E-state index contributed by atoms with van der Waals surface area (Å²) in [6.45, 7) is 3.76. The smallest absolute Gasteiger partial charge is 0.343 e. The molecule has 1 amide bonds. The molecule has 0 saturated heterocycles. The summed E-state index contributed by atoms with van der Waals surface area (Å²) in [4.78, 5) is 40.0. The molecular weight excluding hydrogens is 476 g/mol. The largest absolute Gasteiger partial charge is 0.493 e. The SMILES string of the molecule is COc1cc(C=NNC(=O)c2cc(C)nc3ccc(C)cc23)ccc1OC(=O)c1ccc([N+](=O)[O-])cc1. The lowest BCUT2D eigenvalue weighted by Crippen LogP contribution is -2.18. The summed E-state index contributed by atoms with van der Waals surface area (Å²) in [5.74, 6) is -0.659. The Labute approximate surface area is 211 Å². The van der Waals surface area contributed by atoms with Crippen LogP contribution in [0.4, 0.5) is 5.69 Å². The van der Waals surface area contributed by atoms with Crippen LogP contribution in [0.15, 0.2) is 71.8 Å². The lowest BCUT2D eigenvalue weighted by Gasteiger charge is -2.10. The number of methoxy groups -OCH3 is 1. The van der Waals surface area contributed by atoms with Crippen molar-refractivity contribution in [3.8, 4) is 11.5 Å². The number of esters is 1. The van der Waals surface area contributed by atoms with Crippen LogP contribution in [0.3, 0.4) is 0 Å². The molecule has 0 fully saturated rings. The highest BCUT2D eigenvalue weighted by Gasteiger charge is 2.15. The summed E-state index contributed by atoms with van der Waals surface area (Å²) in [6, 6.07) is 17.2. The van der Waals surface area contributed by atoms with Crippen LogP contribution in [0, 0.1) is 24.0 Å². The first-order chi connectivity index (χ1) is 17.7. The number of hydrogen-bond acceptors (Lipinski definition) is 8. The first kappa shape index (κ1) is 25.0. The summed E-state index contributed by atoms with van der Waals surface area (Å²) in [6.07, 6.45) is 1.43. The number of rotatable bonds is 7. The Morgan fingerprint density at radius 3 is 2.46 bits per heavy atom. The first-order valence-corrected chi connectivity index (χ1v) is 11.1. The second-order valence-electron chi connectivity index (χ2n) is 8.13. The minimum absolute atomic E-state index is 0.132. The van der Waals surface area contributed by atoms with Gasteiger partial charge in [0.25, 0.3) is 11.6 Å². The Morgan fingerprint density at radius 2 is 1.76 bits per heavy atom. The number of nitrogens with one attached hydrogen (secondary N) is 1. The predicted molar refractivity (Wildman–Crippen MR) is 137 cm³/mol. The number of carbonyl (C=O) groups excluding carboxylic acids is 2. The number of aromatic nitrogens is 1. The molecule has 186 valence electrons. The molecule has 1 heterocycles. The highest BCUT2D eigenvalue weighted by atomic mass is 16.6. The minimum Gasteiger partial charge on any atom is -0.493 e. The summed E-state index contributed by atoms with van der Waals surface area (Å²) in [7, 11) is 1.42. The predicted octanol–water partition coefficient (Wildman–Crippen LogP) is 4.75. The van der Waals surface area contributed by atoms with Gasteiger partial charge in [0.1, 0.15) is 0 Å². The van der Waals surface area contributed by atoms with Crippen LogP contribution < -0.4 is 14.9 Å². The number of nitro benzene ring substituents is 1. The number of amides is 1. The number of nitro groups is 1. The number of aryl methyl sites for hydroxylation is 2. The van der Waals surface area contributed by atoms with E-state index in [1.165, 1.54) is 43.7 Å². The molecule has 0 spiro atoms. The van der Waals surface area contributed by atoms with Crippen molar-refractivity contribution in [3.63, 3.8) is 0 Å². The second-order valence-corrected chi connectivity index (χ2v) is 8.13. The van der Waals surface area contributed by atoms with Crippen molar-refractivity contribution >= 4 is 34.7 Å². The van der Waals surface area contributed by atoms with E-state index >= 15 is 0 Å². The highest BCUT2D eigenvalue weighted by molar-refractivity contribution is 6.06. The van der Waals surface area contributed by atoms with E-state index in [1.807, 2.05) is 32.0 Å². The fourth-order valence-corrected chi connectivity index (χ4v) is 3.61. The molecule has 1 N–H and O–H groups in total. The molecular formula is C27H22N4O6. The van der Waals surface area contributed by atoms with Crippen LogP contribution in [0.25, 0.3) is 10.9 Å². The van der Waals surface area contributed by atoms with Crippen molar-refractivity contribution in [2.75, 3.05) is 7.11 Å². The zero-order chi connectivity index (χ0) is 26.5. The molecule has 4 rings (SSSR count). The standard InChI is InChI=1S/C27H22N4O6/c1-16-4-10-23-21(12-16)22(13-17(2)29-23)26(32)30-28-15-18-5-11-24(25(14-18)36-3)37-27(33)19-6-8-20(9-7-19)31(34)35/h4-15H,1-3H3,(H,30,32). The van der Waals surface area contributed by atoms with Crippen LogP contribution in [0.1, 0.15) is 37.5 Å². The third-order valence-corrected chi connectivity index (χ3v) is 5.42. The van der Waals surface area contributed by atoms with Gasteiger partial charge in [0, 0.05) is 23.2 Å². The lowest BCUT2D eigenvalue weighted by atomic mass is 10.1. The van der Waals surface area contributed by atoms with Gasteiger partial charge in [0.05, 0.1) is 34.9 Å². The van der Waals surface area contributed by atoms with Crippen molar-refractivity contribution in [1.82, 2.24) is 10.4 Å². The van der Waals surface area contributed by atoms with Crippen LogP contribution >= 0.6 is 0 Å². The minimum atomic E-state index is -0.697. The van der Waals surface area contributed by atoms with Gasteiger partial charge in [0.2, 0.25) is 0 Å². The van der Waals surface area contributed by atoms with Crippen LogP contribution in [0.2, 0.25) is 0 Å². The van der Waals surface area contributed by atoms with E-state index in [4.69, 9.17) is 9.47 Å². The normalized spacial score (nSPS) is 10.9. The molecule has 0 unspecified atom stereocenters. The van der Waals surface area contributed by atoms with Gasteiger partial charge in [-0.3, -0.25) is 19.9 Å². The highest BCUT2D eigenvalue weighted by Crippen LogP contribution is 2.28. The lowest BCUT2D eigenvalue weighted by molar-refractivity contribution is -0.384. The molecule has 10 nitrogen and oxygen atoms in total. The van der Waals surface area contributed by atoms with Crippen LogP contribution in [-0.2, 0) is 0 Å². The number of benzene rings is 3. The quantitative estimate of drug-likeness (QED) is 0.128. The summed E-state index contributed by atoms with van der Waals surface area (Å²) in [5, 5.41) is 15.6. The number of pyridine rings is 1. The summed E-state index contributed by atoms with van der Waals surface area (Å²) < 4.78 is 10.7. The zero-order valence-electron chi connectivity index (χ0n) is 20.2. The van der Waals surface area contributed by atoms with E-state index in [2.05, 4.69) is 15.5 Å². The molecule has 0 radical (unpaired) electrons. The Bertz CT molecular complexity index is 1550. The summed E-state index contributed by atoms with van der Waals surface area (Å²) in [5.41, 5.74) is 6.05. The summed E-state index contributed by atoms with van der Waals surface area (Å²) >= 11 is 0. The van der Waals surface area contributed by atoms with Crippen molar-refractivity contribution in [1.29, 1.82) is 0 Å². The molecule has 1 aromatic heterocycles. The van der Waals surface area contributed by atoms with Gasteiger partial charge in [-0.1, -0.05) is 11.6 Å². The van der Waals surface area contributed by atoms with E-state index in [-0.39, 0.29) is 28.7 Å². The fourth-order valence-electron chi connectivity index (χ4n) is 3.61. The molecule has 0 aliphatic carbocycles. The van der Waals surface area contributed by atoms with E-state index in [9.17, 15) is 19.7 Å². The third-order valence-electron chi connectivity index (χ3n) is 5.42. The van der Waals surface area contributed by atoms with Crippen molar-refractivity contribution in [2.45, 2.75) is 13.8 Å². The number of nitrogens with zero attached hydrogens (tertiary/aromatic N) is 3. The molecule has 0 saturated carbocycles. The van der Waals surface area contributed by atoms with Crippen molar-refractivity contribution in [2.24, 2.45) is 5.10 Å². The second kappa shape index (κ2) is 10.6. The molecule has 0 aliphatic rings. The monoisotopic (exact) mass is 498 g/mol. The van der Waals surface area contributed by atoms with Crippen LogP contribution in [-0.4, -0.2) is 35.1 Å². The maximum Gasteiger partial charge on any atom is 0.343 e. The Hall–Kier alpha value is -5.12. The number of carbonyl (C=O) groups is 2. The topological polar surface area (TPSA) is 133 Å². The van der Waals surface area contributed by atoms with E-state index in [1.54, 1.807) is 18.2 Å². The average Bonchev–Trinajstić information content (AvgIpc) is 2.89. The molecule has 0 atom stereocenters. The number of non-ortho nitro benzene ring substituents is 1. The number of fused-ring (bicyclic) bond motifs is 1. The number of hydrazone groups is 1. The molecule has 0 aliphatic heterocycles. The zero-order valence-corrected chi connectivity index (χ0v) is 20.2. The Balaban J connectivity index is 1.47. The van der Waals surface area contributed by atoms with Crippen LogP contribution in [0.5, 0.6) is 11.5 Å². The van der Waals surface area contributed by atoms with Gasteiger partial charge in [-0.25, -0.2) is 10.2 Å². The van der Waals surface area contributed by atoms with Gasteiger partial charge in [-0.2, -0.15) is 5.10 Å². The molecule has 37 heavy (non-hydrogen) atoms. The first-order valence-electron chi connectivity index (χ1n) is 11.1. The Morgan fingerprint density at radius 1 is 1.00 bits per heavy atom. The molecule has 3 aromatic carbocycles. The number of ether oxygens (including phenoxy) is 2. The van der Waals surface area contributed by atoms with E-state index in [0.29, 0.717) is 16.8 Å². The van der Waals surface area contributed by atoms with Gasteiger partial charge < -0.3 is 9.47 Å². The Kier molecular flexibility index (Phi) is 7.19. The van der Waals surface area contributed by atoms with Crippen molar-refractivity contribution in [3.05, 3.63) is 105 Å². The van der Waals surface area contributed by atoms with E-state index < -0.39 is 10.9 Å². The van der Waals surface area contributed by atoms with Gasteiger partial charge in [-0.05, 0) is 67.9 Å². The average molecular weight is 498 g/mol. The molecule has 10 heteroatoms. The van der Waals surface area contributed by atoms with Gasteiger partial charge in [0.15, 0.2) is 11.5 Å². The van der Waals surface area contributed by atoms with Crippen molar-refractivity contribution < 1.29 is 24.0 Å². The third kappa shape index (κ3) is 5.76. The number of hydrogen-bond donors (Lipinski definition) is 1. The van der Waals surface area contributed by atoms with Gasteiger partial charge in [-0.15, -0.1) is 0 Å². The molecule has 0 bridgehead atoms. The molecule has 4 aromatic rings. The fraction of sp³-hybridized carbons (Fsp3) is 0.111. The van der Waals surface area contributed by atoms with Gasteiger partial charge >= 0.3 is 5.97 Å². The van der Waals surface area contributed by atoms with E-state index in [0.717, 1.165) is 16.5 Å². The maximum absolute atomic E-state index is 12.8.